The quantitative estimate of drug-likeness (QED) is 0.376. The molecule has 0 fully saturated rings. The van der Waals surface area contributed by atoms with E-state index in [4.69, 9.17) is 19.4 Å². The van der Waals surface area contributed by atoms with E-state index in [2.05, 4.69) is 22.0 Å². The number of rotatable bonds is 5. The highest BCUT2D eigenvalue weighted by molar-refractivity contribution is 9.10. The van der Waals surface area contributed by atoms with Crippen molar-refractivity contribution in [1.82, 2.24) is 0 Å². The van der Waals surface area contributed by atoms with Crippen LogP contribution in [0.5, 0.6) is 11.5 Å². The molecule has 1 heterocycles. The van der Waals surface area contributed by atoms with Gasteiger partial charge in [0.2, 0.25) is 5.88 Å². The molecule has 3 aromatic carbocycles. The van der Waals surface area contributed by atoms with Crippen molar-refractivity contribution >= 4 is 32.0 Å². The van der Waals surface area contributed by atoms with Gasteiger partial charge in [-0.05, 0) is 48.0 Å². The molecule has 4 rings (SSSR count). The fraction of sp³-hybridized carbons (Fsp3) is 0.0833. The van der Waals surface area contributed by atoms with E-state index in [1.807, 2.05) is 0 Å². The Kier molecular flexibility index (Phi) is 6.32. The molecule has 1 atom stereocenters. The van der Waals surface area contributed by atoms with Crippen LogP contribution in [0.4, 0.5) is 0 Å². The summed E-state index contributed by atoms with van der Waals surface area (Å²) in [6.45, 7) is 0. The number of halogens is 1. The number of nitrogens with two attached hydrogens (primary N) is 1. The molecule has 0 spiro atoms. The summed E-state index contributed by atoms with van der Waals surface area (Å²) in [6.07, 6.45) is 0. The number of hydrogen-bond donors (Lipinski definition) is 1. The molecule has 2 N–H and O–H groups in total. The summed E-state index contributed by atoms with van der Waals surface area (Å²) in [5, 5.41) is 9.70. The molecule has 0 saturated carbocycles. The molecule has 0 radical (unpaired) electrons. The molecule has 8 nitrogen and oxygen atoms in total. The summed E-state index contributed by atoms with van der Waals surface area (Å²) in [5.41, 5.74) is 7.83. The second-order valence-electron chi connectivity index (χ2n) is 7.23. The van der Waals surface area contributed by atoms with Gasteiger partial charge < -0.3 is 19.4 Å². The normalized spacial score (nSPS) is 15.0. The third kappa shape index (κ3) is 4.48. The minimum atomic E-state index is -4.08. The molecule has 10 heteroatoms. The molecule has 0 bridgehead atoms. The summed E-state index contributed by atoms with van der Waals surface area (Å²) < 4.78 is 41.7. The van der Waals surface area contributed by atoms with Crippen LogP contribution in [0, 0.1) is 11.3 Å². The Hall–Kier alpha value is -3.81. The van der Waals surface area contributed by atoms with Gasteiger partial charge in [-0.2, -0.15) is 13.7 Å². The number of methoxy groups -OCH3 is 1. The van der Waals surface area contributed by atoms with Crippen LogP contribution in [-0.2, 0) is 14.9 Å². The summed E-state index contributed by atoms with van der Waals surface area (Å²) in [4.78, 5) is 11.7. The molecule has 3 aromatic rings. The van der Waals surface area contributed by atoms with Crippen LogP contribution in [0.15, 0.2) is 87.6 Å². The average Bonchev–Trinajstić information content (AvgIpc) is 2.82. The maximum Gasteiger partial charge on any atom is 0.339 e. The van der Waals surface area contributed by atoms with E-state index in [9.17, 15) is 18.5 Å². The highest BCUT2D eigenvalue weighted by atomic mass is 79.9. The maximum atomic E-state index is 12.6. The first-order valence-electron chi connectivity index (χ1n) is 9.83. The van der Waals surface area contributed by atoms with Gasteiger partial charge in [-0.3, -0.25) is 0 Å². The van der Waals surface area contributed by atoms with E-state index >= 15 is 0 Å². The van der Waals surface area contributed by atoms with Gasteiger partial charge in [-0.15, -0.1) is 0 Å². The van der Waals surface area contributed by atoms with E-state index in [0.717, 1.165) is 4.47 Å². The largest absolute Gasteiger partial charge is 0.465 e. The Morgan fingerprint density at radius 1 is 1.09 bits per heavy atom. The zero-order valence-corrected chi connectivity index (χ0v) is 20.1. The van der Waals surface area contributed by atoms with Crippen molar-refractivity contribution in [3.63, 3.8) is 0 Å². The second-order valence-corrected chi connectivity index (χ2v) is 9.69. The number of allylic oxidation sites excluding steroid dienone is 1. The van der Waals surface area contributed by atoms with E-state index in [0.29, 0.717) is 16.7 Å². The van der Waals surface area contributed by atoms with Crippen molar-refractivity contribution in [3.8, 4) is 17.6 Å². The Labute approximate surface area is 204 Å². The number of carbonyl (C=O) groups is 1. The van der Waals surface area contributed by atoms with E-state index < -0.39 is 22.0 Å². The van der Waals surface area contributed by atoms with E-state index in [1.54, 1.807) is 42.5 Å². The van der Waals surface area contributed by atoms with Crippen molar-refractivity contribution in [2.75, 3.05) is 7.11 Å². The summed E-state index contributed by atoms with van der Waals surface area (Å²) in [6, 6.07) is 19.2. The van der Waals surface area contributed by atoms with Gasteiger partial charge in [0.15, 0.2) is 0 Å². The second kappa shape index (κ2) is 9.21. The first-order valence-corrected chi connectivity index (χ1v) is 12.0. The zero-order valence-electron chi connectivity index (χ0n) is 17.7. The van der Waals surface area contributed by atoms with Crippen LogP contribution < -0.4 is 14.7 Å². The first-order chi connectivity index (χ1) is 16.2. The van der Waals surface area contributed by atoms with Gasteiger partial charge in [-0.1, -0.05) is 34.1 Å². The molecule has 0 amide bonds. The summed E-state index contributed by atoms with van der Waals surface area (Å²) >= 11 is 3.26. The molecule has 1 aliphatic rings. The molecule has 1 aliphatic heterocycles. The number of nitrogens with zero attached hydrogens (tertiary/aromatic N) is 1. The van der Waals surface area contributed by atoms with E-state index in [-0.39, 0.29) is 27.9 Å². The molecule has 0 saturated heterocycles. The van der Waals surface area contributed by atoms with Gasteiger partial charge in [0.1, 0.15) is 28.0 Å². The Balaban J connectivity index is 1.70. The molecular weight excluding hydrogens is 524 g/mol. The number of ether oxygens (including phenoxy) is 2. The smallest absolute Gasteiger partial charge is 0.339 e. The van der Waals surface area contributed by atoms with Crippen molar-refractivity contribution in [3.05, 3.63) is 99.3 Å². The molecule has 0 aliphatic carbocycles. The van der Waals surface area contributed by atoms with Crippen LogP contribution >= 0.6 is 15.9 Å². The number of fused-ring (bicyclic) bond motifs is 1. The van der Waals surface area contributed by atoms with Crippen LogP contribution in [-0.4, -0.2) is 21.5 Å². The highest BCUT2D eigenvalue weighted by Crippen LogP contribution is 2.43. The molecule has 172 valence electrons. The van der Waals surface area contributed by atoms with Gasteiger partial charge >= 0.3 is 16.1 Å². The Morgan fingerprint density at radius 3 is 2.38 bits per heavy atom. The third-order valence-electron chi connectivity index (χ3n) is 5.16. The molecular formula is C24H17BrN2O6S. The molecule has 0 aromatic heterocycles. The average molecular weight is 541 g/mol. The fourth-order valence-corrected chi connectivity index (χ4v) is 4.72. The monoisotopic (exact) mass is 540 g/mol. The SMILES string of the molecule is COC(=O)c1ccc(C2C(C#N)=C(N)Oc3cc(OS(=O)(=O)c4ccc(Br)cc4)ccc32)cc1. The number of benzene rings is 3. The van der Waals surface area contributed by atoms with Gasteiger partial charge in [0.25, 0.3) is 0 Å². The number of carbonyl (C=O) groups excluding carboxylic acids is 1. The van der Waals surface area contributed by atoms with Crippen LogP contribution in [0.2, 0.25) is 0 Å². The van der Waals surface area contributed by atoms with Crippen molar-refractivity contribution in [2.45, 2.75) is 10.8 Å². The predicted molar refractivity (Wildman–Crippen MR) is 125 cm³/mol. The van der Waals surface area contributed by atoms with Crippen LogP contribution in [0.25, 0.3) is 0 Å². The summed E-state index contributed by atoms with van der Waals surface area (Å²) in [7, 11) is -2.79. The number of esters is 1. The molecule has 34 heavy (non-hydrogen) atoms. The number of nitriles is 1. The third-order valence-corrected chi connectivity index (χ3v) is 6.95. The highest BCUT2D eigenvalue weighted by Gasteiger charge is 2.31. The lowest BCUT2D eigenvalue weighted by atomic mass is 9.83. The topological polar surface area (TPSA) is 129 Å². The zero-order chi connectivity index (χ0) is 24.5. The lowest BCUT2D eigenvalue weighted by Crippen LogP contribution is -2.21. The summed E-state index contributed by atoms with van der Waals surface area (Å²) in [5.74, 6) is -0.900. The van der Waals surface area contributed by atoms with Gasteiger partial charge in [0, 0.05) is 16.1 Å². The van der Waals surface area contributed by atoms with Gasteiger partial charge in [-0.25, -0.2) is 4.79 Å². The van der Waals surface area contributed by atoms with Crippen molar-refractivity contribution < 1.29 is 26.9 Å². The van der Waals surface area contributed by atoms with Crippen molar-refractivity contribution in [2.24, 2.45) is 5.73 Å². The fourth-order valence-electron chi connectivity index (χ4n) is 3.54. The lowest BCUT2D eigenvalue weighted by molar-refractivity contribution is 0.0600. The Morgan fingerprint density at radius 2 is 1.76 bits per heavy atom. The maximum absolute atomic E-state index is 12.6. The predicted octanol–water partition coefficient (Wildman–Crippen LogP) is 4.22. The van der Waals surface area contributed by atoms with Crippen LogP contribution in [0.1, 0.15) is 27.4 Å². The first kappa shape index (κ1) is 23.4. The standard InChI is InChI=1S/C24H17BrN2O6S/c1-31-24(28)15-4-2-14(3-5-15)22-19-11-8-17(12-21(19)32-23(27)20(22)13-26)33-34(29,30)18-9-6-16(25)7-10-18/h2-12,22H,27H2,1H3. The molecule has 1 unspecified atom stereocenters. The van der Waals surface area contributed by atoms with Crippen LogP contribution in [0.3, 0.4) is 0 Å². The number of hydrogen-bond acceptors (Lipinski definition) is 8. The minimum Gasteiger partial charge on any atom is -0.465 e. The Bertz CT molecular complexity index is 1440. The van der Waals surface area contributed by atoms with E-state index in [1.165, 1.54) is 31.4 Å². The van der Waals surface area contributed by atoms with Gasteiger partial charge in [0.05, 0.1) is 18.6 Å². The van der Waals surface area contributed by atoms with Crippen molar-refractivity contribution in [1.29, 1.82) is 5.26 Å². The minimum absolute atomic E-state index is 0.0101. The lowest BCUT2D eigenvalue weighted by Gasteiger charge is -2.26.